The second kappa shape index (κ2) is 8.30. The molecule has 6 rings (SSSR count). The van der Waals surface area contributed by atoms with Gasteiger partial charge < -0.3 is 16.4 Å². The Morgan fingerprint density at radius 1 is 0.944 bits per heavy atom. The highest BCUT2D eigenvalue weighted by Gasteiger charge is 2.29. The minimum atomic E-state index is 0.113. The molecule has 1 aliphatic rings. The summed E-state index contributed by atoms with van der Waals surface area (Å²) in [7, 11) is 0. The molecule has 0 radical (unpaired) electrons. The van der Waals surface area contributed by atoms with Crippen LogP contribution in [0.3, 0.4) is 0 Å². The number of pyridine rings is 2. The third-order valence-electron chi connectivity index (χ3n) is 6.93. The number of hydrogen-bond acceptors (Lipinski definition) is 7. The third kappa shape index (κ3) is 3.69. The molecule has 0 saturated carbocycles. The predicted octanol–water partition coefficient (Wildman–Crippen LogP) is 6.09. The van der Waals surface area contributed by atoms with Gasteiger partial charge in [0.2, 0.25) is 0 Å². The molecule has 0 fully saturated rings. The zero-order valence-corrected chi connectivity index (χ0v) is 20.5. The van der Waals surface area contributed by atoms with Gasteiger partial charge in [0.05, 0.1) is 17.1 Å². The molecule has 5 aromatic rings. The molecule has 3 aromatic heterocycles. The second-order valence-electron chi connectivity index (χ2n) is 9.86. The zero-order chi connectivity index (χ0) is 24.9. The molecule has 2 aromatic carbocycles. The molecule has 0 saturated heterocycles. The molecule has 7 nitrogen and oxygen atoms in total. The van der Waals surface area contributed by atoms with E-state index in [2.05, 4.69) is 76.7 Å². The Balaban J connectivity index is 1.48. The van der Waals surface area contributed by atoms with Gasteiger partial charge in [-0.3, -0.25) is 0 Å². The van der Waals surface area contributed by atoms with E-state index < -0.39 is 0 Å². The Hall–Kier alpha value is -4.52. The van der Waals surface area contributed by atoms with Crippen LogP contribution >= 0.6 is 0 Å². The predicted molar refractivity (Wildman–Crippen MR) is 146 cm³/mol. The first-order chi connectivity index (χ1) is 17.4. The molecule has 4 N–H and O–H groups in total. The maximum atomic E-state index is 6.50. The van der Waals surface area contributed by atoms with E-state index in [4.69, 9.17) is 10.7 Å². The minimum Gasteiger partial charge on any atom is -0.384 e. The number of benzene rings is 2. The van der Waals surface area contributed by atoms with Crippen molar-refractivity contribution in [3.05, 3.63) is 84.4 Å². The number of anilines is 4. The van der Waals surface area contributed by atoms with E-state index in [0.29, 0.717) is 11.6 Å². The molecule has 36 heavy (non-hydrogen) atoms. The number of aromatic nitrogens is 4. The van der Waals surface area contributed by atoms with Gasteiger partial charge in [-0.1, -0.05) is 38.1 Å². The van der Waals surface area contributed by atoms with Gasteiger partial charge in [0.15, 0.2) is 0 Å². The molecule has 0 unspecified atom stereocenters. The first-order valence-corrected chi connectivity index (χ1v) is 12.0. The minimum absolute atomic E-state index is 0.113. The molecular formula is C29H27N7. The van der Waals surface area contributed by atoms with E-state index in [0.717, 1.165) is 56.8 Å². The molecule has 0 spiro atoms. The van der Waals surface area contributed by atoms with E-state index in [1.54, 1.807) is 18.7 Å². The molecule has 4 heterocycles. The van der Waals surface area contributed by atoms with Crippen LogP contribution in [-0.2, 0) is 5.41 Å². The van der Waals surface area contributed by atoms with Crippen LogP contribution < -0.4 is 16.4 Å². The summed E-state index contributed by atoms with van der Waals surface area (Å²) in [6.45, 7) is 7.51. The van der Waals surface area contributed by atoms with E-state index in [9.17, 15) is 0 Å². The van der Waals surface area contributed by atoms with Crippen LogP contribution in [0.4, 0.5) is 23.0 Å². The maximum absolute atomic E-state index is 6.50. The van der Waals surface area contributed by atoms with Crippen LogP contribution in [0.25, 0.3) is 33.3 Å². The number of rotatable bonds is 4. The summed E-state index contributed by atoms with van der Waals surface area (Å²) >= 11 is 0. The molecule has 0 atom stereocenters. The van der Waals surface area contributed by atoms with Crippen LogP contribution in [-0.4, -0.2) is 26.5 Å². The average molecular weight is 474 g/mol. The topological polar surface area (TPSA) is 102 Å². The largest absolute Gasteiger partial charge is 0.384 e. The Labute approximate surface area is 209 Å². The quantitative estimate of drug-likeness (QED) is 0.290. The number of fused-ring (bicyclic) bond motifs is 2. The first-order valence-electron chi connectivity index (χ1n) is 12.0. The summed E-state index contributed by atoms with van der Waals surface area (Å²) in [6.07, 6.45) is 5.04. The fraction of sp³-hybridized carbons (Fsp3) is 0.172. The van der Waals surface area contributed by atoms with Crippen LogP contribution in [0.2, 0.25) is 0 Å². The fourth-order valence-electron chi connectivity index (χ4n) is 4.91. The van der Waals surface area contributed by atoms with Crippen molar-refractivity contribution in [2.45, 2.75) is 26.2 Å². The van der Waals surface area contributed by atoms with Gasteiger partial charge in [0.25, 0.3) is 0 Å². The monoisotopic (exact) mass is 473 g/mol. The molecule has 7 heteroatoms. The van der Waals surface area contributed by atoms with Crippen molar-refractivity contribution in [1.82, 2.24) is 19.9 Å². The van der Waals surface area contributed by atoms with Crippen LogP contribution in [0, 0.1) is 6.92 Å². The van der Waals surface area contributed by atoms with Gasteiger partial charge in [-0.25, -0.2) is 19.9 Å². The van der Waals surface area contributed by atoms with Crippen molar-refractivity contribution in [2.24, 2.45) is 0 Å². The highest BCUT2D eigenvalue weighted by Crippen LogP contribution is 2.40. The van der Waals surface area contributed by atoms with Crippen molar-refractivity contribution in [3.63, 3.8) is 0 Å². The van der Waals surface area contributed by atoms with E-state index in [-0.39, 0.29) is 5.41 Å². The molecule has 1 aliphatic heterocycles. The molecular weight excluding hydrogens is 446 g/mol. The van der Waals surface area contributed by atoms with Gasteiger partial charge in [-0.15, -0.1) is 0 Å². The van der Waals surface area contributed by atoms with Crippen molar-refractivity contribution >= 4 is 33.8 Å². The lowest BCUT2D eigenvalue weighted by Crippen LogP contribution is -2.18. The normalized spacial score (nSPS) is 13.9. The third-order valence-corrected chi connectivity index (χ3v) is 6.93. The smallest absolute Gasteiger partial charge is 0.139 e. The highest BCUT2D eigenvalue weighted by molar-refractivity contribution is 6.04. The number of nitrogen functional groups attached to an aromatic ring is 1. The molecule has 178 valence electrons. The summed E-state index contributed by atoms with van der Waals surface area (Å²) in [5.41, 5.74) is 14.7. The molecule has 0 bridgehead atoms. The summed E-state index contributed by atoms with van der Waals surface area (Å²) in [6, 6.07) is 18.5. The summed E-state index contributed by atoms with van der Waals surface area (Å²) in [5, 5.41) is 9.00. The van der Waals surface area contributed by atoms with E-state index in [1.807, 2.05) is 24.3 Å². The van der Waals surface area contributed by atoms with Crippen LogP contribution in [0.1, 0.15) is 25.0 Å². The van der Waals surface area contributed by atoms with Crippen molar-refractivity contribution < 1.29 is 0 Å². The number of aryl methyl sites for hydroxylation is 1. The summed E-state index contributed by atoms with van der Waals surface area (Å²) < 4.78 is 0. The standard InChI is InChI=1S/C29H27N7/c1-17-6-8-19-21(26(17)36-28-20(5-4-11-32-28)23-10-12-31-16-34-23)14-24(35-27(19)30)18-7-9-22-25(13-18)33-15-29(22,2)3/h4-14,16,33H,15H2,1-3H3,(H2,30,35)(H,32,36). The Kier molecular flexibility index (Phi) is 5.07. The van der Waals surface area contributed by atoms with E-state index >= 15 is 0 Å². The van der Waals surface area contributed by atoms with Crippen molar-refractivity contribution in [1.29, 1.82) is 0 Å². The number of hydrogen-bond donors (Lipinski definition) is 3. The van der Waals surface area contributed by atoms with Gasteiger partial charge in [0.1, 0.15) is 18.0 Å². The SMILES string of the molecule is Cc1ccc2c(N)nc(-c3ccc4c(c3)NCC4(C)C)cc2c1Nc1ncccc1-c1ccncn1. The second-order valence-corrected chi connectivity index (χ2v) is 9.86. The molecule has 0 aliphatic carbocycles. The molecule has 0 amide bonds. The number of nitrogens with zero attached hydrogens (tertiary/aromatic N) is 4. The Morgan fingerprint density at radius 3 is 2.67 bits per heavy atom. The lowest BCUT2D eigenvalue weighted by atomic mass is 9.86. The number of nitrogens with one attached hydrogen (secondary N) is 2. The van der Waals surface area contributed by atoms with E-state index in [1.165, 1.54) is 5.56 Å². The maximum Gasteiger partial charge on any atom is 0.139 e. The van der Waals surface area contributed by atoms with Gasteiger partial charge >= 0.3 is 0 Å². The number of nitrogens with two attached hydrogens (primary N) is 1. The van der Waals surface area contributed by atoms with Gasteiger partial charge in [0, 0.05) is 51.9 Å². The zero-order valence-electron chi connectivity index (χ0n) is 20.5. The first kappa shape index (κ1) is 22.0. The van der Waals surface area contributed by atoms with Crippen LogP contribution in [0.15, 0.2) is 73.3 Å². The van der Waals surface area contributed by atoms with Crippen molar-refractivity contribution in [3.8, 4) is 22.5 Å². The van der Waals surface area contributed by atoms with Crippen LogP contribution in [0.5, 0.6) is 0 Å². The highest BCUT2D eigenvalue weighted by atomic mass is 15.0. The van der Waals surface area contributed by atoms with Gasteiger partial charge in [-0.2, -0.15) is 0 Å². The average Bonchev–Trinajstić information content (AvgIpc) is 3.20. The lowest BCUT2D eigenvalue weighted by molar-refractivity contribution is 0.586. The fourth-order valence-corrected chi connectivity index (χ4v) is 4.91. The summed E-state index contributed by atoms with van der Waals surface area (Å²) in [4.78, 5) is 17.8. The Morgan fingerprint density at radius 2 is 1.83 bits per heavy atom. The lowest BCUT2D eigenvalue weighted by Gasteiger charge is -2.18. The van der Waals surface area contributed by atoms with Crippen molar-refractivity contribution in [2.75, 3.05) is 22.9 Å². The van der Waals surface area contributed by atoms with Gasteiger partial charge in [-0.05, 0) is 48.4 Å². The summed E-state index contributed by atoms with van der Waals surface area (Å²) in [5.74, 6) is 1.21. The Bertz CT molecular complexity index is 1610.